The molecule has 0 amide bonds. The third kappa shape index (κ3) is 3.90. The molecular weight excluding hydrogens is 266 g/mol. The molecule has 1 aromatic heterocycles. The molecule has 0 saturated heterocycles. The Morgan fingerprint density at radius 1 is 1.37 bits per heavy atom. The smallest absolute Gasteiger partial charge is 0.264 e. The SMILES string of the molecule is [2H]C([2H])([2H])c1oc(-c2ccccc2)nc1CCOS(C)(=O)=O. The maximum absolute atomic E-state index is 11.0. The summed E-state index contributed by atoms with van der Waals surface area (Å²) < 4.78 is 54.4. The van der Waals surface area contributed by atoms with Gasteiger partial charge < -0.3 is 4.42 Å². The molecule has 1 heterocycles. The highest BCUT2D eigenvalue weighted by Crippen LogP contribution is 2.21. The Labute approximate surface area is 116 Å². The van der Waals surface area contributed by atoms with Crippen LogP contribution in [0.2, 0.25) is 0 Å². The van der Waals surface area contributed by atoms with Crippen molar-refractivity contribution in [2.45, 2.75) is 13.3 Å². The van der Waals surface area contributed by atoms with Crippen LogP contribution in [0.1, 0.15) is 15.6 Å². The molecular formula is C13H15NO4S. The molecule has 0 radical (unpaired) electrons. The molecule has 0 atom stereocenters. The quantitative estimate of drug-likeness (QED) is 0.787. The number of rotatable bonds is 5. The van der Waals surface area contributed by atoms with Crippen LogP contribution in [0, 0.1) is 6.85 Å². The normalized spacial score (nSPS) is 14.7. The number of aromatic nitrogens is 1. The second kappa shape index (κ2) is 5.54. The van der Waals surface area contributed by atoms with Gasteiger partial charge in [-0.2, -0.15) is 8.42 Å². The third-order valence-electron chi connectivity index (χ3n) is 2.35. The fourth-order valence-electron chi connectivity index (χ4n) is 1.52. The molecule has 19 heavy (non-hydrogen) atoms. The number of hydrogen-bond donors (Lipinski definition) is 0. The zero-order valence-electron chi connectivity index (χ0n) is 13.3. The van der Waals surface area contributed by atoms with Crippen molar-refractivity contribution in [1.82, 2.24) is 4.98 Å². The van der Waals surface area contributed by atoms with Gasteiger partial charge >= 0.3 is 0 Å². The molecule has 0 spiro atoms. The highest BCUT2D eigenvalue weighted by atomic mass is 32.2. The lowest BCUT2D eigenvalue weighted by atomic mass is 10.2. The molecule has 0 N–H and O–H groups in total. The van der Waals surface area contributed by atoms with E-state index in [1.807, 2.05) is 6.07 Å². The second-order valence-corrected chi connectivity index (χ2v) is 5.58. The van der Waals surface area contributed by atoms with Crippen molar-refractivity contribution in [2.24, 2.45) is 0 Å². The lowest BCUT2D eigenvalue weighted by Gasteiger charge is -1.98. The van der Waals surface area contributed by atoms with Gasteiger partial charge in [-0.3, -0.25) is 4.18 Å². The minimum absolute atomic E-state index is 0.0249. The van der Waals surface area contributed by atoms with Gasteiger partial charge in [-0.05, 0) is 19.0 Å². The Hall–Kier alpha value is -1.66. The fraction of sp³-hybridized carbons (Fsp3) is 0.308. The number of benzene rings is 1. The van der Waals surface area contributed by atoms with E-state index in [0.29, 0.717) is 5.56 Å². The zero-order valence-corrected chi connectivity index (χ0v) is 11.1. The molecule has 5 nitrogen and oxygen atoms in total. The first-order valence-electron chi connectivity index (χ1n) is 7.07. The fourth-order valence-corrected chi connectivity index (χ4v) is 1.90. The van der Waals surface area contributed by atoms with E-state index in [2.05, 4.69) is 9.17 Å². The molecule has 0 fully saturated rings. The first kappa shape index (κ1) is 10.2. The average Bonchev–Trinajstić information content (AvgIpc) is 2.82. The second-order valence-electron chi connectivity index (χ2n) is 3.94. The summed E-state index contributed by atoms with van der Waals surface area (Å²) in [5.41, 5.74) is 0.811. The van der Waals surface area contributed by atoms with Crippen LogP contribution >= 0.6 is 0 Å². The molecule has 0 bridgehead atoms. The molecule has 0 aliphatic rings. The third-order valence-corrected chi connectivity index (χ3v) is 2.95. The molecule has 0 unspecified atom stereocenters. The summed E-state index contributed by atoms with van der Waals surface area (Å²) in [6.45, 7) is -2.66. The first-order valence-corrected chi connectivity index (χ1v) is 7.38. The Morgan fingerprint density at radius 2 is 2.11 bits per heavy atom. The monoisotopic (exact) mass is 284 g/mol. The molecule has 0 aliphatic carbocycles. The molecule has 0 aliphatic heterocycles. The standard InChI is InChI=1S/C13H15NO4S/c1-10-12(8-9-17-19(2,15)16)14-13(18-10)11-6-4-3-5-7-11/h3-7H,8-9H2,1-2H3/i1D3. The van der Waals surface area contributed by atoms with E-state index < -0.39 is 17.0 Å². The maximum Gasteiger partial charge on any atom is 0.264 e. The van der Waals surface area contributed by atoms with Gasteiger partial charge in [-0.25, -0.2) is 4.98 Å². The number of nitrogens with zero attached hydrogens (tertiary/aromatic N) is 1. The predicted molar refractivity (Wildman–Crippen MR) is 71.2 cm³/mol. The van der Waals surface area contributed by atoms with E-state index in [9.17, 15) is 8.42 Å². The van der Waals surface area contributed by atoms with Gasteiger partial charge in [0.2, 0.25) is 5.89 Å². The Bertz CT molecular complexity index is 738. The van der Waals surface area contributed by atoms with Crippen LogP contribution in [0.25, 0.3) is 11.5 Å². The number of hydrogen-bond acceptors (Lipinski definition) is 5. The van der Waals surface area contributed by atoms with Gasteiger partial charge in [0.25, 0.3) is 10.1 Å². The van der Waals surface area contributed by atoms with Crippen molar-refractivity contribution in [2.75, 3.05) is 12.9 Å². The average molecular weight is 284 g/mol. The Morgan fingerprint density at radius 3 is 2.74 bits per heavy atom. The largest absolute Gasteiger partial charge is 0.441 e. The van der Waals surface area contributed by atoms with Gasteiger partial charge in [0, 0.05) is 16.1 Å². The van der Waals surface area contributed by atoms with E-state index in [1.165, 1.54) is 0 Å². The van der Waals surface area contributed by atoms with Crippen LogP contribution in [-0.4, -0.2) is 26.3 Å². The lowest BCUT2D eigenvalue weighted by Crippen LogP contribution is -2.06. The van der Waals surface area contributed by atoms with Crippen LogP contribution in [0.5, 0.6) is 0 Å². The van der Waals surface area contributed by atoms with E-state index in [1.54, 1.807) is 24.3 Å². The van der Waals surface area contributed by atoms with Gasteiger partial charge in [0.15, 0.2) is 0 Å². The van der Waals surface area contributed by atoms with Crippen molar-refractivity contribution in [3.05, 3.63) is 41.8 Å². The van der Waals surface area contributed by atoms with Gasteiger partial charge in [-0.15, -0.1) is 0 Å². The minimum atomic E-state index is -3.59. The van der Waals surface area contributed by atoms with Crippen molar-refractivity contribution in [3.8, 4) is 11.5 Å². The summed E-state index contributed by atoms with van der Waals surface area (Å²) >= 11 is 0. The molecule has 0 saturated carbocycles. The highest BCUT2D eigenvalue weighted by molar-refractivity contribution is 7.85. The summed E-state index contributed by atoms with van der Waals surface area (Å²) in [4.78, 5) is 4.16. The van der Waals surface area contributed by atoms with Crippen LogP contribution in [0.15, 0.2) is 34.7 Å². The van der Waals surface area contributed by atoms with Crippen molar-refractivity contribution in [1.29, 1.82) is 0 Å². The van der Waals surface area contributed by atoms with E-state index in [-0.39, 0.29) is 30.4 Å². The van der Waals surface area contributed by atoms with Crippen molar-refractivity contribution in [3.63, 3.8) is 0 Å². The Kier molecular flexibility index (Phi) is 2.97. The molecule has 1 aromatic carbocycles. The number of oxazole rings is 1. The van der Waals surface area contributed by atoms with E-state index >= 15 is 0 Å². The Balaban J connectivity index is 2.29. The first-order chi connectivity index (χ1) is 10.2. The maximum atomic E-state index is 11.0. The zero-order chi connectivity index (χ0) is 16.4. The van der Waals surface area contributed by atoms with Crippen LogP contribution in [0.3, 0.4) is 0 Å². The van der Waals surface area contributed by atoms with Crippen LogP contribution in [-0.2, 0) is 20.7 Å². The van der Waals surface area contributed by atoms with Gasteiger partial charge in [0.1, 0.15) is 5.76 Å². The number of aryl methyl sites for hydroxylation is 1. The van der Waals surface area contributed by atoms with Gasteiger partial charge in [0.05, 0.1) is 18.6 Å². The predicted octanol–water partition coefficient (Wildman–Crippen LogP) is 2.17. The van der Waals surface area contributed by atoms with E-state index in [0.717, 1.165) is 6.26 Å². The highest BCUT2D eigenvalue weighted by Gasteiger charge is 2.12. The van der Waals surface area contributed by atoms with Crippen molar-refractivity contribution < 1.29 is 21.1 Å². The summed E-state index contributed by atoms with van der Waals surface area (Å²) in [6, 6.07) is 8.86. The summed E-state index contributed by atoms with van der Waals surface area (Å²) in [7, 11) is -3.59. The molecule has 2 aromatic rings. The topological polar surface area (TPSA) is 69.4 Å². The minimum Gasteiger partial charge on any atom is -0.441 e. The van der Waals surface area contributed by atoms with Crippen LogP contribution in [0.4, 0.5) is 0 Å². The summed E-state index contributed by atoms with van der Waals surface area (Å²) in [6.07, 6.45) is 0.951. The lowest BCUT2D eigenvalue weighted by molar-refractivity contribution is 0.324. The molecule has 6 heteroatoms. The molecule has 2 rings (SSSR count). The van der Waals surface area contributed by atoms with Crippen LogP contribution < -0.4 is 0 Å². The van der Waals surface area contributed by atoms with Gasteiger partial charge in [-0.1, -0.05) is 18.2 Å². The van der Waals surface area contributed by atoms with Crippen molar-refractivity contribution >= 4 is 10.1 Å². The molecule has 102 valence electrons. The van der Waals surface area contributed by atoms with E-state index in [4.69, 9.17) is 8.53 Å². The summed E-state index contributed by atoms with van der Waals surface area (Å²) in [5, 5.41) is 0. The summed E-state index contributed by atoms with van der Waals surface area (Å²) in [5.74, 6) is -0.0652.